The van der Waals surface area contributed by atoms with Gasteiger partial charge in [0.1, 0.15) is 0 Å². The van der Waals surface area contributed by atoms with Crippen molar-refractivity contribution in [2.24, 2.45) is 10.4 Å². The monoisotopic (exact) mass is 380 g/mol. The minimum atomic E-state index is -0.190. The molecule has 0 saturated carbocycles. The van der Waals surface area contributed by atoms with Gasteiger partial charge in [0.25, 0.3) is 5.91 Å². The molecule has 1 aromatic rings. The molecular formula is C19H32N4O4. The van der Waals surface area contributed by atoms with Gasteiger partial charge >= 0.3 is 0 Å². The molecule has 1 unspecified atom stereocenters. The van der Waals surface area contributed by atoms with Crippen LogP contribution in [0.1, 0.15) is 42.3 Å². The fourth-order valence-electron chi connectivity index (χ4n) is 3.06. The second-order valence-corrected chi connectivity index (χ2v) is 6.94. The molecule has 1 fully saturated rings. The maximum Gasteiger partial charge on any atom is 0.287 e. The van der Waals surface area contributed by atoms with E-state index in [0.717, 1.165) is 37.5 Å². The number of hydrogen-bond donors (Lipinski definition) is 4. The molecule has 1 aliphatic heterocycles. The molecule has 1 aromatic heterocycles. The minimum absolute atomic E-state index is 0.0635. The van der Waals surface area contributed by atoms with Gasteiger partial charge in [-0.25, -0.2) is 0 Å². The number of nitrogens with zero attached hydrogens (tertiary/aromatic N) is 1. The van der Waals surface area contributed by atoms with Gasteiger partial charge in [0.15, 0.2) is 11.7 Å². The lowest BCUT2D eigenvalue weighted by atomic mass is 9.84. The first kappa shape index (κ1) is 21.2. The lowest BCUT2D eigenvalue weighted by Gasteiger charge is -2.24. The smallest absolute Gasteiger partial charge is 0.287 e. The summed E-state index contributed by atoms with van der Waals surface area (Å²) in [6, 6.07) is 1.77. The number of aliphatic imine (C=N–C) groups is 1. The van der Waals surface area contributed by atoms with E-state index in [0.29, 0.717) is 38.4 Å². The minimum Gasteiger partial charge on any atom is -0.459 e. The van der Waals surface area contributed by atoms with Gasteiger partial charge < -0.3 is 30.2 Å². The van der Waals surface area contributed by atoms with Crippen LogP contribution in [0.4, 0.5) is 0 Å². The number of aryl methyl sites for hydroxylation is 1. The Morgan fingerprint density at radius 2 is 2.15 bits per heavy atom. The first-order chi connectivity index (χ1) is 13.1. The summed E-state index contributed by atoms with van der Waals surface area (Å²) >= 11 is 0. The first-order valence-corrected chi connectivity index (χ1v) is 9.63. The number of ether oxygens (including phenoxy) is 1. The van der Waals surface area contributed by atoms with Crippen molar-refractivity contribution in [3.8, 4) is 0 Å². The summed E-state index contributed by atoms with van der Waals surface area (Å²) in [5, 5.41) is 18.7. The van der Waals surface area contributed by atoms with E-state index in [1.807, 2.05) is 13.8 Å². The molecule has 8 heteroatoms. The second kappa shape index (κ2) is 10.9. The number of carbonyl (C=O) groups excluding carboxylic acids is 1. The van der Waals surface area contributed by atoms with E-state index in [4.69, 9.17) is 9.15 Å². The zero-order valence-electron chi connectivity index (χ0n) is 16.3. The number of aliphatic hydroxyl groups is 1. The van der Waals surface area contributed by atoms with Gasteiger partial charge in [-0.05, 0) is 39.2 Å². The highest BCUT2D eigenvalue weighted by Gasteiger charge is 2.34. The molecule has 2 rings (SSSR count). The van der Waals surface area contributed by atoms with Gasteiger partial charge in [0.05, 0.1) is 19.4 Å². The van der Waals surface area contributed by atoms with Gasteiger partial charge in [-0.2, -0.15) is 0 Å². The summed E-state index contributed by atoms with van der Waals surface area (Å²) in [4.78, 5) is 16.7. The fraction of sp³-hybridized carbons (Fsp3) is 0.684. The summed E-state index contributed by atoms with van der Waals surface area (Å²) in [5.41, 5.74) is 0.770. The van der Waals surface area contributed by atoms with Crippen molar-refractivity contribution in [3.63, 3.8) is 0 Å². The molecule has 4 N–H and O–H groups in total. The number of amides is 1. The Morgan fingerprint density at radius 1 is 1.33 bits per heavy atom. The maximum absolute atomic E-state index is 12.0. The van der Waals surface area contributed by atoms with Gasteiger partial charge in [0, 0.05) is 43.8 Å². The summed E-state index contributed by atoms with van der Waals surface area (Å²) < 4.78 is 10.7. The summed E-state index contributed by atoms with van der Waals surface area (Å²) in [6.07, 6.45) is 3.91. The van der Waals surface area contributed by atoms with Crippen molar-refractivity contribution in [1.29, 1.82) is 0 Å². The maximum atomic E-state index is 12.0. The van der Waals surface area contributed by atoms with Crippen LogP contribution in [0.3, 0.4) is 0 Å². The van der Waals surface area contributed by atoms with Crippen LogP contribution in [0.25, 0.3) is 0 Å². The van der Waals surface area contributed by atoms with E-state index < -0.39 is 0 Å². The molecule has 152 valence electrons. The number of furan rings is 1. The van der Waals surface area contributed by atoms with Crippen LogP contribution in [0, 0.1) is 12.3 Å². The van der Waals surface area contributed by atoms with E-state index in [1.54, 1.807) is 6.07 Å². The van der Waals surface area contributed by atoms with Crippen molar-refractivity contribution in [3.05, 3.63) is 23.7 Å². The van der Waals surface area contributed by atoms with Crippen LogP contribution in [-0.4, -0.2) is 63.0 Å². The Labute approximate surface area is 160 Å². The van der Waals surface area contributed by atoms with Crippen LogP contribution in [-0.2, 0) is 4.74 Å². The topological polar surface area (TPSA) is 108 Å². The van der Waals surface area contributed by atoms with E-state index in [9.17, 15) is 9.90 Å². The quantitative estimate of drug-likeness (QED) is 0.275. The molecule has 1 aliphatic rings. The van der Waals surface area contributed by atoms with Crippen molar-refractivity contribution < 1.29 is 19.1 Å². The van der Waals surface area contributed by atoms with Crippen molar-refractivity contribution >= 4 is 11.9 Å². The largest absolute Gasteiger partial charge is 0.459 e. The van der Waals surface area contributed by atoms with E-state index in [1.165, 1.54) is 6.26 Å². The fourth-order valence-corrected chi connectivity index (χ4v) is 3.06. The van der Waals surface area contributed by atoms with Crippen LogP contribution < -0.4 is 16.0 Å². The zero-order valence-corrected chi connectivity index (χ0v) is 16.3. The van der Waals surface area contributed by atoms with Gasteiger partial charge in [-0.15, -0.1) is 0 Å². The van der Waals surface area contributed by atoms with Crippen molar-refractivity contribution in [1.82, 2.24) is 16.0 Å². The highest BCUT2D eigenvalue weighted by Crippen LogP contribution is 2.32. The molecule has 0 spiro atoms. The average Bonchev–Trinajstić information content (AvgIpc) is 3.29. The van der Waals surface area contributed by atoms with E-state index in [-0.39, 0.29) is 17.9 Å². The second-order valence-electron chi connectivity index (χ2n) is 6.94. The molecule has 2 heterocycles. The summed E-state index contributed by atoms with van der Waals surface area (Å²) in [7, 11) is 0. The summed E-state index contributed by atoms with van der Waals surface area (Å²) in [5.74, 6) is 0.922. The Morgan fingerprint density at radius 3 is 2.78 bits per heavy atom. The Bertz CT molecular complexity index is 609. The van der Waals surface area contributed by atoms with Crippen molar-refractivity contribution in [2.75, 3.05) is 46.0 Å². The lowest BCUT2D eigenvalue weighted by molar-refractivity contribution is 0.0925. The third-order valence-corrected chi connectivity index (χ3v) is 4.74. The highest BCUT2D eigenvalue weighted by atomic mass is 16.5. The Hall–Kier alpha value is -2.06. The zero-order chi connectivity index (χ0) is 19.5. The molecule has 1 saturated heterocycles. The lowest BCUT2D eigenvalue weighted by Crippen LogP contribution is -2.40. The van der Waals surface area contributed by atoms with E-state index >= 15 is 0 Å². The Kier molecular flexibility index (Phi) is 8.60. The molecule has 1 amide bonds. The number of nitrogens with one attached hydrogen (secondary N) is 3. The highest BCUT2D eigenvalue weighted by molar-refractivity contribution is 5.92. The first-order valence-electron chi connectivity index (χ1n) is 9.63. The number of guanidine groups is 1. The Balaban J connectivity index is 1.73. The average molecular weight is 380 g/mol. The third-order valence-electron chi connectivity index (χ3n) is 4.74. The van der Waals surface area contributed by atoms with Crippen LogP contribution in [0.5, 0.6) is 0 Å². The molecule has 27 heavy (non-hydrogen) atoms. The number of rotatable bonds is 10. The van der Waals surface area contributed by atoms with Crippen LogP contribution >= 0.6 is 0 Å². The van der Waals surface area contributed by atoms with Gasteiger partial charge in [-0.3, -0.25) is 9.79 Å². The SMILES string of the molecule is CCNC(=NCC1(CCO)CCOC1)NCCCNC(=O)c1occc1C. The van der Waals surface area contributed by atoms with Gasteiger partial charge in [0.2, 0.25) is 0 Å². The normalized spacial score (nSPS) is 19.9. The molecule has 1 atom stereocenters. The predicted molar refractivity (Wildman–Crippen MR) is 104 cm³/mol. The summed E-state index contributed by atoms with van der Waals surface area (Å²) in [6.45, 7) is 8.02. The number of hydrogen-bond acceptors (Lipinski definition) is 5. The molecule has 0 radical (unpaired) electrons. The number of aliphatic hydroxyl groups excluding tert-OH is 1. The molecule has 8 nitrogen and oxygen atoms in total. The molecule has 0 aromatic carbocycles. The number of carbonyl (C=O) groups is 1. The standard InChI is InChI=1S/C19H32N4O4/c1-3-20-18(23-13-19(6-10-24)7-12-26-14-19)22-9-4-8-21-17(25)16-15(2)5-11-27-16/h5,11,24H,3-4,6-10,12-14H2,1-2H3,(H,21,25)(H2,20,22,23). The molecular weight excluding hydrogens is 348 g/mol. The molecule has 0 aliphatic carbocycles. The van der Waals surface area contributed by atoms with Crippen LogP contribution in [0.2, 0.25) is 0 Å². The van der Waals surface area contributed by atoms with E-state index in [2.05, 4.69) is 20.9 Å². The predicted octanol–water partition coefficient (Wildman–Crippen LogP) is 1.05. The van der Waals surface area contributed by atoms with Crippen LogP contribution in [0.15, 0.2) is 21.7 Å². The third kappa shape index (κ3) is 6.55. The molecule has 0 bridgehead atoms. The van der Waals surface area contributed by atoms with Crippen molar-refractivity contribution in [2.45, 2.75) is 33.1 Å². The van der Waals surface area contributed by atoms with Gasteiger partial charge in [-0.1, -0.05) is 0 Å².